The maximum atomic E-state index is 6.52. The first-order chi connectivity index (χ1) is 15.6. The fraction of sp³-hybridized carbons (Fsp3) is 0. The lowest BCUT2D eigenvalue weighted by Gasteiger charge is -2.13. The number of fused-ring (bicyclic) bond motifs is 1. The predicted octanol–water partition coefficient (Wildman–Crippen LogP) is 5.84. The lowest BCUT2D eigenvalue weighted by molar-refractivity contribution is 0.468. The van der Waals surface area contributed by atoms with Gasteiger partial charge in [0.15, 0.2) is 11.4 Å². The first kappa shape index (κ1) is 20.0. The Morgan fingerprint density at radius 3 is 2.34 bits per heavy atom. The average molecular weight is 464 g/mol. The number of hydrogen-bond donors (Lipinski definition) is 3. The third kappa shape index (κ3) is 4.01. The Morgan fingerprint density at radius 1 is 0.906 bits per heavy atom. The maximum absolute atomic E-state index is 6.52. The third-order valence-corrected chi connectivity index (χ3v) is 5.19. The fourth-order valence-corrected chi connectivity index (χ4v) is 3.66. The van der Waals surface area contributed by atoms with Gasteiger partial charge in [-0.05, 0) is 59.7 Å². The van der Waals surface area contributed by atoms with Crippen molar-refractivity contribution in [3.63, 3.8) is 0 Å². The number of benzene rings is 2. The molecule has 0 fully saturated rings. The van der Waals surface area contributed by atoms with E-state index in [1.165, 1.54) is 6.33 Å². The number of nitrogens with one attached hydrogen (secondary N) is 2. The Labute approximate surface area is 192 Å². The van der Waals surface area contributed by atoms with Crippen LogP contribution in [0, 0.1) is 0 Å². The summed E-state index contributed by atoms with van der Waals surface area (Å²) in [4.78, 5) is 20.1. The molecule has 3 heterocycles. The second-order valence-electron chi connectivity index (χ2n) is 6.81. The highest BCUT2D eigenvalue weighted by atomic mass is 35.5. The normalized spacial score (nSPS) is 10.9. The molecule has 8 nitrogen and oxygen atoms in total. The summed E-state index contributed by atoms with van der Waals surface area (Å²) in [5.74, 6) is 0.801. The van der Waals surface area contributed by atoms with Gasteiger partial charge in [-0.25, -0.2) is 4.98 Å². The number of aromatic nitrogens is 5. The fourth-order valence-electron chi connectivity index (χ4n) is 3.10. The molecule has 4 N–H and O–H groups in total. The van der Waals surface area contributed by atoms with Crippen LogP contribution in [0.1, 0.15) is 0 Å². The minimum atomic E-state index is 0.228. The lowest BCUT2D eigenvalue weighted by atomic mass is 10.1. The van der Waals surface area contributed by atoms with E-state index >= 15 is 0 Å². The molecule has 0 unspecified atom stereocenters. The van der Waals surface area contributed by atoms with Crippen molar-refractivity contribution in [1.29, 1.82) is 0 Å². The number of nitrogens with two attached hydrogens (primary N) is 1. The number of hydrogen-bond acceptors (Lipinski definition) is 7. The Kier molecular flexibility index (Phi) is 5.22. The highest BCUT2D eigenvalue weighted by Crippen LogP contribution is 2.40. The minimum Gasteiger partial charge on any atom is -0.434 e. The Balaban J connectivity index is 1.51. The zero-order valence-corrected chi connectivity index (χ0v) is 17.9. The van der Waals surface area contributed by atoms with Gasteiger partial charge in [0.1, 0.15) is 5.52 Å². The summed E-state index contributed by atoms with van der Waals surface area (Å²) in [5.41, 5.74) is 9.88. The van der Waals surface area contributed by atoms with Gasteiger partial charge in [0.05, 0.1) is 16.4 Å². The van der Waals surface area contributed by atoms with Crippen LogP contribution in [0.4, 0.5) is 17.3 Å². The number of anilines is 3. The Bertz CT molecular complexity index is 1380. The number of rotatable bonds is 5. The highest BCUT2D eigenvalue weighted by molar-refractivity contribution is 6.37. The van der Waals surface area contributed by atoms with E-state index in [1.807, 2.05) is 24.3 Å². The van der Waals surface area contributed by atoms with Crippen molar-refractivity contribution >= 4 is 51.7 Å². The summed E-state index contributed by atoms with van der Waals surface area (Å²) in [6.45, 7) is 0. The van der Waals surface area contributed by atoms with Gasteiger partial charge in [-0.1, -0.05) is 23.2 Å². The van der Waals surface area contributed by atoms with Crippen molar-refractivity contribution in [2.45, 2.75) is 0 Å². The molecule has 158 valence electrons. The van der Waals surface area contributed by atoms with Crippen LogP contribution in [0.15, 0.2) is 67.3 Å². The quantitative estimate of drug-likeness (QED) is 0.280. The average Bonchev–Trinajstić information content (AvgIpc) is 3.27. The second kappa shape index (κ2) is 8.33. The van der Waals surface area contributed by atoms with Crippen molar-refractivity contribution < 1.29 is 4.74 Å². The molecule has 5 aromatic rings. The van der Waals surface area contributed by atoms with E-state index in [2.05, 4.69) is 30.2 Å². The molecule has 0 bridgehead atoms. The minimum absolute atomic E-state index is 0.228. The second-order valence-corrected chi connectivity index (χ2v) is 7.62. The van der Waals surface area contributed by atoms with Gasteiger partial charge < -0.3 is 20.8 Å². The summed E-state index contributed by atoms with van der Waals surface area (Å²) in [7, 11) is 0. The van der Waals surface area contributed by atoms with Crippen LogP contribution in [0.25, 0.3) is 22.3 Å². The van der Waals surface area contributed by atoms with Crippen LogP contribution in [-0.2, 0) is 0 Å². The summed E-state index contributed by atoms with van der Waals surface area (Å²) < 4.78 is 6.04. The van der Waals surface area contributed by atoms with Gasteiger partial charge in [0, 0.05) is 23.8 Å². The standard InChI is InChI=1S/C22H15Cl2N7O/c23-16-9-13(12-5-7-26-8-6-12)10-17(24)19(16)32-21-18-20(28-11-27-18)30-22(31-21)29-15-3-1-14(25)2-4-15/h1-11H,25H2,(H2,27,28,29,30,31). The molecule has 0 spiro atoms. The smallest absolute Gasteiger partial charge is 0.250 e. The van der Waals surface area contributed by atoms with E-state index in [4.69, 9.17) is 33.7 Å². The van der Waals surface area contributed by atoms with Gasteiger partial charge in [-0.15, -0.1) is 0 Å². The first-order valence-electron chi connectivity index (χ1n) is 9.48. The predicted molar refractivity (Wildman–Crippen MR) is 126 cm³/mol. The maximum Gasteiger partial charge on any atom is 0.250 e. The van der Waals surface area contributed by atoms with Crippen molar-refractivity contribution in [3.05, 3.63) is 77.3 Å². The van der Waals surface area contributed by atoms with Crippen LogP contribution in [0.5, 0.6) is 11.6 Å². The zero-order chi connectivity index (χ0) is 22.1. The number of pyridine rings is 1. The highest BCUT2D eigenvalue weighted by Gasteiger charge is 2.17. The molecule has 0 atom stereocenters. The SMILES string of the molecule is Nc1ccc(Nc2nc(Oc3c(Cl)cc(-c4ccncc4)cc3Cl)c3[nH]cnc3n2)cc1. The first-order valence-corrected chi connectivity index (χ1v) is 10.2. The van der Waals surface area contributed by atoms with Crippen molar-refractivity contribution in [2.75, 3.05) is 11.1 Å². The number of H-pyrrole nitrogens is 1. The Hall–Kier alpha value is -3.88. The number of aromatic amines is 1. The number of ether oxygens (including phenoxy) is 1. The molecular formula is C22H15Cl2N7O. The van der Waals surface area contributed by atoms with Gasteiger partial charge >= 0.3 is 0 Å². The summed E-state index contributed by atoms with van der Waals surface area (Å²) in [6, 6.07) is 14.5. The van der Waals surface area contributed by atoms with Crippen molar-refractivity contribution in [3.8, 4) is 22.8 Å². The largest absolute Gasteiger partial charge is 0.434 e. The van der Waals surface area contributed by atoms with Crippen LogP contribution >= 0.6 is 23.2 Å². The molecule has 0 aliphatic carbocycles. The number of nitrogen functional groups attached to an aromatic ring is 1. The molecule has 0 amide bonds. The third-order valence-electron chi connectivity index (χ3n) is 4.63. The van der Waals surface area contributed by atoms with Crippen LogP contribution < -0.4 is 15.8 Å². The molecule has 5 rings (SSSR count). The van der Waals surface area contributed by atoms with Crippen LogP contribution in [0.3, 0.4) is 0 Å². The summed E-state index contributed by atoms with van der Waals surface area (Å²) in [6.07, 6.45) is 4.91. The molecule has 10 heteroatoms. The van der Waals surface area contributed by atoms with E-state index in [0.29, 0.717) is 32.8 Å². The Morgan fingerprint density at radius 2 is 1.62 bits per heavy atom. The molecule has 0 saturated carbocycles. The zero-order valence-electron chi connectivity index (χ0n) is 16.4. The van der Waals surface area contributed by atoms with Crippen LogP contribution in [0.2, 0.25) is 10.0 Å². The van der Waals surface area contributed by atoms with E-state index < -0.39 is 0 Å². The summed E-state index contributed by atoms with van der Waals surface area (Å²) in [5, 5.41) is 3.79. The van der Waals surface area contributed by atoms with Gasteiger partial charge in [0.2, 0.25) is 5.95 Å². The monoisotopic (exact) mass is 463 g/mol. The van der Waals surface area contributed by atoms with Crippen LogP contribution in [-0.4, -0.2) is 24.9 Å². The molecular weight excluding hydrogens is 449 g/mol. The van der Waals surface area contributed by atoms with Gasteiger partial charge in [-0.2, -0.15) is 9.97 Å². The molecule has 0 radical (unpaired) electrons. The van der Waals surface area contributed by atoms with Gasteiger partial charge in [0.25, 0.3) is 5.88 Å². The molecule has 32 heavy (non-hydrogen) atoms. The number of imidazole rings is 1. The van der Waals surface area contributed by atoms with Crippen molar-refractivity contribution in [1.82, 2.24) is 24.9 Å². The van der Waals surface area contributed by atoms with Crippen molar-refractivity contribution in [2.24, 2.45) is 0 Å². The summed E-state index contributed by atoms with van der Waals surface area (Å²) >= 11 is 13.0. The molecule has 0 saturated heterocycles. The lowest BCUT2D eigenvalue weighted by Crippen LogP contribution is -2.01. The van der Waals surface area contributed by atoms with E-state index in [1.54, 1.807) is 36.7 Å². The van der Waals surface area contributed by atoms with E-state index in [-0.39, 0.29) is 11.6 Å². The molecule has 0 aliphatic heterocycles. The molecule has 0 aliphatic rings. The van der Waals surface area contributed by atoms with Gasteiger partial charge in [-0.3, -0.25) is 4.98 Å². The van der Waals surface area contributed by atoms with E-state index in [9.17, 15) is 0 Å². The number of nitrogens with zero attached hydrogens (tertiary/aromatic N) is 4. The topological polar surface area (TPSA) is 115 Å². The van der Waals surface area contributed by atoms with E-state index in [0.717, 1.165) is 16.8 Å². The molecule has 3 aromatic heterocycles. The molecule has 2 aromatic carbocycles. The number of halogens is 2.